The summed E-state index contributed by atoms with van der Waals surface area (Å²) < 4.78 is 6.83. The Hall–Kier alpha value is -1.99. The van der Waals surface area contributed by atoms with Gasteiger partial charge in [-0.1, -0.05) is 12.1 Å². The van der Waals surface area contributed by atoms with Gasteiger partial charge in [-0.2, -0.15) is 9.67 Å². The van der Waals surface area contributed by atoms with Gasteiger partial charge in [0.25, 0.3) is 5.91 Å². The summed E-state index contributed by atoms with van der Waals surface area (Å²) >= 11 is 2.89. The summed E-state index contributed by atoms with van der Waals surface area (Å²) in [6.45, 7) is 3.79. The molecular weight excluding hydrogens is 306 g/mol. The second-order valence-electron chi connectivity index (χ2n) is 4.56. The molecule has 3 aromatic heterocycles. The first kappa shape index (κ1) is 14.0. The molecule has 3 rings (SSSR count). The fourth-order valence-corrected chi connectivity index (χ4v) is 3.11. The smallest absolute Gasteiger partial charge is 0.336 e. The Morgan fingerprint density at radius 2 is 2.00 bits per heavy atom. The summed E-state index contributed by atoms with van der Waals surface area (Å²) in [4.78, 5) is 18.4. The number of rotatable bonds is 4. The lowest BCUT2D eigenvalue weighted by Crippen LogP contribution is -2.14. The quantitative estimate of drug-likeness (QED) is 0.738. The molecule has 0 saturated carbocycles. The topological polar surface area (TPSA) is 57.0 Å². The normalized spacial score (nSPS) is 11.0. The molecule has 3 aromatic rings. The van der Waals surface area contributed by atoms with E-state index in [0.29, 0.717) is 10.7 Å². The van der Waals surface area contributed by atoms with Gasteiger partial charge in [0.15, 0.2) is 5.82 Å². The second kappa shape index (κ2) is 5.79. The third-order valence-corrected chi connectivity index (χ3v) is 4.32. The van der Waals surface area contributed by atoms with Gasteiger partial charge in [-0.05, 0) is 36.7 Å². The van der Waals surface area contributed by atoms with Gasteiger partial charge in [-0.25, -0.2) is 0 Å². The highest BCUT2D eigenvalue weighted by molar-refractivity contribution is 7.13. The van der Waals surface area contributed by atoms with E-state index < -0.39 is 0 Å². The SMILES string of the molecule is CC(C)Oc1nc(-c2cccs2)n(C(=O)c2cccs2)n1. The summed E-state index contributed by atoms with van der Waals surface area (Å²) in [6, 6.07) is 7.66. The second-order valence-corrected chi connectivity index (χ2v) is 6.45. The molecule has 0 aliphatic carbocycles. The maximum atomic E-state index is 12.5. The summed E-state index contributed by atoms with van der Waals surface area (Å²) in [5, 5.41) is 8.01. The van der Waals surface area contributed by atoms with Crippen molar-refractivity contribution in [3.05, 3.63) is 39.9 Å². The number of hydrogen-bond acceptors (Lipinski definition) is 6. The number of ether oxygens (including phenoxy) is 1. The van der Waals surface area contributed by atoms with E-state index in [9.17, 15) is 4.79 Å². The minimum atomic E-state index is -0.195. The van der Waals surface area contributed by atoms with Crippen LogP contribution in [-0.2, 0) is 0 Å². The van der Waals surface area contributed by atoms with Crippen LogP contribution in [0.15, 0.2) is 35.0 Å². The van der Waals surface area contributed by atoms with E-state index in [2.05, 4.69) is 10.1 Å². The molecule has 0 aliphatic rings. The first-order valence-electron chi connectivity index (χ1n) is 6.41. The summed E-state index contributed by atoms with van der Waals surface area (Å²) in [6.07, 6.45) is -0.0473. The molecule has 0 spiro atoms. The molecule has 5 nitrogen and oxygen atoms in total. The predicted molar refractivity (Wildman–Crippen MR) is 83.1 cm³/mol. The van der Waals surface area contributed by atoms with Crippen molar-refractivity contribution in [1.29, 1.82) is 0 Å². The van der Waals surface area contributed by atoms with Crippen molar-refractivity contribution in [1.82, 2.24) is 14.8 Å². The van der Waals surface area contributed by atoms with E-state index in [0.717, 1.165) is 4.88 Å². The van der Waals surface area contributed by atoms with Crippen LogP contribution in [0.3, 0.4) is 0 Å². The fraction of sp³-hybridized carbons (Fsp3) is 0.214. The molecule has 0 radical (unpaired) electrons. The van der Waals surface area contributed by atoms with Gasteiger partial charge >= 0.3 is 6.01 Å². The Kier molecular flexibility index (Phi) is 3.85. The fourth-order valence-electron chi connectivity index (χ4n) is 1.77. The van der Waals surface area contributed by atoms with Crippen LogP contribution >= 0.6 is 22.7 Å². The van der Waals surface area contributed by atoms with Gasteiger partial charge in [0.05, 0.1) is 15.9 Å². The van der Waals surface area contributed by atoms with Gasteiger partial charge in [-0.15, -0.1) is 27.8 Å². The zero-order chi connectivity index (χ0) is 14.8. The number of thiophene rings is 2. The zero-order valence-electron chi connectivity index (χ0n) is 11.5. The highest BCUT2D eigenvalue weighted by atomic mass is 32.1. The zero-order valence-corrected chi connectivity index (χ0v) is 13.1. The van der Waals surface area contributed by atoms with E-state index in [4.69, 9.17) is 4.74 Å². The Labute approximate surface area is 129 Å². The largest absolute Gasteiger partial charge is 0.460 e. The Morgan fingerprint density at radius 1 is 1.24 bits per heavy atom. The molecule has 0 aromatic carbocycles. The Morgan fingerprint density at radius 3 is 2.62 bits per heavy atom. The number of aromatic nitrogens is 3. The van der Waals surface area contributed by atoms with E-state index >= 15 is 0 Å². The molecule has 21 heavy (non-hydrogen) atoms. The molecule has 0 unspecified atom stereocenters. The Bertz CT molecular complexity index is 730. The third kappa shape index (κ3) is 2.88. The molecule has 0 amide bonds. The van der Waals surface area contributed by atoms with Gasteiger partial charge < -0.3 is 4.74 Å². The monoisotopic (exact) mass is 319 g/mol. The van der Waals surface area contributed by atoms with Crippen LogP contribution in [0.1, 0.15) is 23.5 Å². The molecule has 0 saturated heterocycles. The molecule has 7 heteroatoms. The van der Waals surface area contributed by atoms with Crippen LogP contribution in [0.25, 0.3) is 10.7 Å². The molecule has 3 heterocycles. The van der Waals surface area contributed by atoms with Crippen LogP contribution in [0.4, 0.5) is 0 Å². The standard InChI is InChI=1S/C14H13N3O2S2/c1-9(2)19-14-15-12(10-5-3-7-20-10)17(16-14)13(18)11-6-4-8-21-11/h3-9H,1-2H3. The van der Waals surface area contributed by atoms with Crippen molar-refractivity contribution in [2.45, 2.75) is 20.0 Å². The van der Waals surface area contributed by atoms with Crippen molar-refractivity contribution in [3.8, 4) is 16.7 Å². The molecule has 0 bridgehead atoms. The molecule has 0 aliphatic heterocycles. The van der Waals surface area contributed by atoms with E-state index in [1.807, 2.05) is 42.8 Å². The van der Waals surface area contributed by atoms with E-state index in [-0.39, 0.29) is 18.0 Å². The maximum absolute atomic E-state index is 12.5. The van der Waals surface area contributed by atoms with Gasteiger partial charge in [0.1, 0.15) is 0 Å². The lowest BCUT2D eigenvalue weighted by Gasteiger charge is -2.02. The van der Waals surface area contributed by atoms with Crippen LogP contribution in [0.2, 0.25) is 0 Å². The van der Waals surface area contributed by atoms with Crippen LogP contribution in [0, 0.1) is 0 Å². The van der Waals surface area contributed by atoms with Crippen molar-refractivity contribution >= 4 is 28.6 Å². The lowest BCUT2D eigenvalue weighted by molar-refractivity contribution is 0.0947. The number of hydrogen-bond donors (Lipinski definition) is 0. The molecule has 108 valence electrons. The van der Waals surface area contributed by atoms with E-state index in [1.54, 1.807) is 6.07 Å². The molecule has 0 N–H and O–H groups in total. The van der Waals surface area contributed by atoms with E-state index in [1.165, 1.54) is 27.4 Å². The first-order valence-corrected chi connectivity index (χ1v) is 8.17. The number of nitrogens with zero attached hydrogens (tertiary/aromatic N) is 3. The number of carbonyl (C=O) groups excluding carboxylic acids is 1. The van der Waals surface area contributed by atoms with Crippen molar-refractivity contribution < 1.29 is 9.53 Å². The predicted octanol–water partition coefficient (Wildman–Crippen LogP) is 3.54. The summed E-state index contributed by atoms with van der Waals surface area (Å²) in [5.41, 5.74) is 0. The van der Waals surface area contributed by atoms with Crippen molar-refractivity contribution in [3.63, 3.8) is 0 Å². The van der Waals surface area contributed by atoms with Crippen LogP contribution < -0.4 is 4.74 Å². The molecule has 0 atom stereocenters. The average Bonchev–Trinajstić information content (AvgIpc) is 3.18. The summed E-state index contributed by atoms with van der Waals surface area (Å²) in [5.74, 6) is 0.318. The number of carbonyl (C=O) groups is 1. The van der Waals surface area contributed by atoms with Crippen LogP contribution in [0.5, 0.6) is 6.01 Å². The maximum Gasteiger partial charge on any atom is 0.336 e. The van der Waals surface area contributed by atoms with Gasteiger partial charge in [0, 0.05) is 0 Å². The highest BCUT2D eigenvalue weighted by Gasteiger charge is 2.21. The third-order valence-electron chi connectivity index (χ3n) is 2.59. The Balaban J connectivity index is 2.05. The molecule has 0 fully saturated rings. The van der Waals surface area contributed by atoms with Gasteiger partial charge in [0.2, 0.25) is 0 Å². The van der Waals surface area contributed by atoms with Crippen LogP contribution in [-0.4, -0.2) is 26.8 Å². The summed E-state index contributed by atoms with van der Waals surface area (Å²) in [7, 11) is 0. The molecular formula is C14H13N3O2S2. The highest BCUT2D eigenvalue weighted by Crippen LogP contribution is 2.26. The lowest BCUT2D eigenvalue weighted by atomic mass is 10.4. The van der Waals surface area contributed by atoms with Crippen molar-refractivity contribution in [2.24, 2.45) is 0 Å². The van der Waals surface area contributed by atoms with Crippen molar-refractivity contribution in [2.75, 3.05) is 0 Å². The minimum absolute atomic E-state index is 0.0473. The van der Waals surface area contributed by atoms with Gasteiger partial charge in [-0.3, -0.25) is 4.79 Å². The minimum Gasteiger partial charge on any atom is -0.460 e. The average molecular weight is 319 g/mol. The first-order chi connectivity index (χ1) is 10.1.